The van der Waals surface area contributed by atoms with Crippen molar-refractivity contribution in [3.8, 4) is 23.0 Å². The van der Waals surface area contributed by atoms with Crippen LogP contribution in [0.3, 0.4) is 0 Å². The molecule has 1 aliphatic rings. The lowest BCUT2D eigenvalue weighted by Crippen LogP contribution is -1.98. The van der Waals surface area contributed by atoms with Crippen LogP contribution >= 0.6 is 0 Å². The van der Waals surface area contributed by atoms with Crippen LogP contribution in [0.1, 0.15) is 0 Å². The summed E-state index contributed by atoms with van der Waals surface area (Å²) in [4.78, 5) is 10.3. The first-order valence-electron chi connectivity index (χ1n) is 4.63. The molecule has 0 aromatic heterocycles. The third kappa shape index (κ3) is 1.59. The van der Waals surface area contributed by atoms with Crippen molar-refractivity contribution in [1.82, 2.24) is 0 Å². The summed E-state index contributed by atoms with van der Waals surface area (Å²) in [5.74, 6) is 2.70. The van der Waals surface area contributed by atoms with Crippen molar-refractivity contribution >= 4 is 0 Å². The lowest BCUT2D eigenvalue weighted by molar-refractivity contribution is -0.0998. The lowest BCUT2D eigenvalue weighted by Gasteiger charge is -2.03. The molecule has 74 valence electrons. The van der Waals surface area contributed by atoms with Crippen LogP contribution in [0.5, 0.6) is 23.0 Å². The fraction of sp³-hybridized carbons (Fsp3) is 0. The van der Waals surface area contributed by atoms with E-state index in [0.29, 0.717) is 11.5 Å². The summed E-state index contributed by atoms with van der Waals surface area (Å²) in [7, 11) is 0. The molecule has 0 unspecified atom stereocenters. The third-order valence-corrected chi connectivity index (χ3v) is 2.08. The van der Waals surface area contributed by atoms with Crippen LogP contribution in [0.2, 0.25) is 0 Å². The molecule has 3 rings (SSSR count). The maximum Gasteiger partial charge on any atom is 0.182 e. The minimum absolute atomic E-state index is 0.620. The van der Waals surface area contributed by atoms with Crippen molar-refractivity contribution < 1.29 is 14.5 Å². The maximum atomic E-state index is 5.62. The molecule has 0 aliphatic carbocycles. The van der Waals surface area contributed by atoms with E-state index >= 15 is 0 Å². The average molecular weight is 200 g/mol. The topological polar surface area (TPSA) is 27.7 Å². The van der Waals surface area contributed by atoms with Gasteiger partial charge in [-0.15, -0.1) is 0 Å². The molecule has 0 radical (unpaired) electrons. The van der Waals surface area contributed by atoms with Gasteiger partial charge in [0.2, 0.25) is 0 Å². The van der Waals surface area contributed by atoms with Gasteiger partial charge in [-0.25, -0.2) is 0 Å². The first-order chi connectivity index (χ1) is 7.40. The molecule has 2 aromatic carbocycles. The molecule has 0 spiro atoms. The van der Waals surface area contributed by atoms with E-state index in [2.05, 4.69) is 0 Å². The average Bonchev–Trinajstić information content (AvgIpc) is 2.30. The van der Waals surface area contributed by atoms with E-state index in [1.807, 2.05) is 24.3 Å². The predicted molar refractivity (Wildman–Crippen MR) is 54.2 cm³/mol. The van der Waals surface area contributed by atoms with E-state index in [1.165, 1.54) is 0 Å². The molecule has 2 aromatic rings. The Morgan fingerprint density at radius 3 is 1.60 bits per heavy atom. The van der Waals surface area contributed by atoms with Gasteiger partial charge in [0, 0.05) is 12.1 Å². The smallest absolute Gasteiger partial charge is 0.182 e. The lowest BCUT2D eigenvalue weighted by atomic mass is 10.3. The van der Waals surface area contributed by atoms with E-state index in [9.17, 15) is 0 Å². The normalized spacial score (nSPS) is 12.3. The Morgan fingerprint density at radius 1 is 0.600 bits per heavy atom. The van der Waals surface area contributed by atoms with Crippen LogP contribution in [0.15, 0.2) is 48.5 Å². The Morgan fingerprint density at radius 2 is 1.07 bits per heavy atom. The monoisotopic (exact) mass is 200 g/mol. The van der Waals surface area contributed by atoms with Crippen molar-refractivity contribution in [3.05, 3.63) is 48.5 Å². The van der Waals surface area contributed by atoms with Crippen LogP contribution in [-0.4, -0.2) is 0 Å². The molecule has 0 amide bonds. The van der Waals surface area contributed by atoms with Gasteiger partial charge in [0.15, 0.2) is 11.5 Å². The molecule has 0 fully saturated rings. The van der Waals surface area contributed by atoms with Gasteiger partial charge >= 0.3 is 0 Å². The molecule has 15 heavy (non-hydrogen) atoms. The van der Waals surface area contributed by atoms with Gasteiger partial charge in [-0.3, -0.25) is 9.78 Å². The Labute approximate surface area is 86.8 Å². The Bertz CT molecular complexity index is 448. The first-order valence-corrected chi connectivity index (χ1v) is 4.63. The first kappa shape index (κ1) is 8.17. The quantitative estimate of drug-likeness (QED) is 0.611. The molecule has 4 bridgehead atoms. The largest absolute Gasteiger partial charge is 0.457 e. The zero-order chi connectivity index (χ0) is 10.1. The molecule has 0 saturated heterocycles. The van der Waals surface area contributed by atoms with E-state index in [0.717, 1.165) is 11.5 Å². The van der Waals surface area contributed by atoms with E-state index < -0.39 is 0 Å². The Kier molecular flexibility index (Phi) is 1.75. The van der Waals surface area contributed by atoms with Gasteiger partial charge in [0.1, 0.15) is 11.5 Å². The van der Waals surface area contributed by atoms with Crippen molar-refractivity contribution in [2.45, 2.75) is 0 Å². The zero-order valence-electron chi connectivity index (χ0n) is 7.84. The summed E-state index contributed by atoms with van der Waals surface area (Å²) in [5, 5.41) is 0. The second-order valence-electron chi connectivity index (χ2n) is 3.22. The molecular formula is C12H8O3. The number of fused-ring (bicyclic) bond motifs is 4. The SMILES string of the molecule is c1cc2cc(c1)Oc1cccc(c1)OO2. The molecule has 1 aliphatic heterocycles. The van der Waals surface area contributed by atoms with Crippen molar-refractivity contribution in [1.29, 1.82) is 0 Å². The highest BCUT2D eigenvalue weighted by atomic mass is 17.2. The van der Waals surface area contributed by atoms with Crippen LogP contribution in [0.4, 0.5) is 0 Å². The van der Waals surface area contributed by atoms with E-state index in [1.54, 1.807) is 24.3 Å². The van der Waals surface area contributed by atoms with Crippen LogP contribution in [-0.2, 0) is 0 Å². The highest BCUT2D eigenvalue weighted by Crippen LogP contribution is 2.30. The van der Waals surface area contributed by atoms with Crippen molar-refractivity contribution in [3.63, 3.8) is 0 Å². The molecule has 3 nitrogen and oxygen atoms in total. The van der Waals surface area contributed by atoms with Gasteiger partial charge < -0.3 is 4.74 Å². The van der Waals surface area contributed by atoms with Gasteiger partial charge in [-0.1, -0.05) is 12.1 Å². The summed E-state index contributed by atoms with van der Waals surface area (Å²) in [6, 6.07) is 14.6. The highest BCUT2D eigenvalue weighted by molar-refractivity contribution is 5.40. The van der Waals surface area contributed by atoms with Crippen LogP contribution in [0.25, 0.3) is 0 Å². The Hall–Kier alpha value is -2.16. The standard InChI is InChI=1S/C12H8O3/c1-3-9-7-11(5-1)14-15-12-6-2-4-10(8-12)13-9/h1-8H. The summed E-state index contributed by atoms with van der Waals surface area (Å²) in [6.45, 7) is 0. The summed E-state index contributed by atoms with van der Waals surface area (Å²) >= 11 is 0. The minimum atomic E-state index is 0.620. The predicted octanol–water partition coefficient (Wildman–Crippen LogP) is 3.17. The van der Waals surface area contributed by atoms with E-state index in [-0.39, 0.29) is 0 Å². The maximum absolute atomic E-state index is 5.62. The number of hydrogen-bond acceptors (Lipinski definition) is 3. The molecule has 1 heterocycles. The second kappa shape index (κ2) is 3.20. The van der Waals surface area contributed by atoms with Gasteiger partial charge in [-0.2, -0.15) is 0 Å². The third-order valence-electron chi connectivity index (χ3n) is 2.08. The number of hydrogen-bond donors (Lipinski definition) is 0. The Balaban J connectivity index is 2.10. The molecule has 0 N–H and O–H groups in total. The zero-order valence-corrected chi connectivity index (χ0v) is 7.84. The number of ether oxygens (including phenoxy) is 1. The van der Waals surface area contributed by atoms with Gasteiger partial charge in [-0.05, 0) is 24.3 Å². The molecule has 0 saturated carbocycles. The summed E-state index contributed by atoms with van der Waals surface area (Å²) in [6.07, 6.45) is 0. The number of benzene rings is 2. The molecule has 3 heteroatoms. The second-order valence-corrected chi connectivity index (χ2v) is 3.22. The van der Waals surface area contributed by atoms with E-state index in [4.69, 9.17) is 14.5 Å². The van der Waals surface area contributed by atoms with Crippen LogP contribution in [0, 0.1) is 0 Å². The summed E-state index contributed by atoms with van der Waals surface area (Å²) < 4.78 is 5.62. The fourth-order valence-corrected chi connectivity index (χ4v) is 1.41. The van der Waals surface area contributed by atoms with Crippen molar-refractivity contribution in [2.24, 2.45) is 0 Å². The van der Waals surface area contributed by atoms with Crippen molar-refractivity contribution in [2.75, 3.05) is 0 Å². The summed E-state index contributed by atoms with van der Waals surface area (Å²) in [5.41, 5.74) is 0. The van der Waals surface area contributed by atoms with Gasteiger partial charge in [0.05, 0.1) is 0 Å². The number of rotatable bonds is 0. The highest BCUT2D eigenvalue weighted by Gasteiger charge is 2.06. The molecular weight excluding hydrogens is 192 g/mol. The molecule has 0 atom stereocenters. The van der Waals surface area contributed by atoms with Gasteiger partial charge in [0.25, 0.3) is 0 Å². The van der Waals surface area contributed by atoms with Crippen LogP contribution < -0.4 is 14.5 Å². The fourth-order valence-electron chi connectivity index (χ4n) is 1.41. The minimum Gasteiger partial charge on any atom is -0.457 e.